The number of nitrogens with zero attached hydrogens (tertiary/aromatic N) is 1. The zero-order chi connectivity index (χ0) is 22.6. The minimum Gasteiger partial charge on any atom is -0.323 e. The summed E-state index contributed by atoms with van der Waals surface area (Å²) in [6, 6.07) is 12.0. The summed E-state index contributed by atoms with van der Waals surface area (Å²) in [6.07, 6.45) is 5.25. The predicted octanol–water partition coefficient (Wildman–Crippen LogP) is 4.85. The molecule has 0 saturated heterocycles. The zero-order valence-electron chi connectivity index (χ0n) is 19.0. The second-order valence-electron chi connectivity index (χ2n) is 9.95. The highest BCUT2D eigenvalue weighted by Crippen LogP contribution is 2.42. The largest absolute Gasteiger partial charge is 0.323 e. The van der Waals surface area contributed by atoms with E-state index in [9.17, 15) is 9.59 Å². The maximum Gasteiger partial charge on any atom is 0.148 e. The maximum absolute atomic E-state index is 12.1. The number of Topliss-reactive ketones (excluding diaryl/α,β-unsaturated/α-hetero) is 2. The van der Waals surface area contributed by atoms with E-state index in [0.717, 1.165) is 22.3 Å². The summed E-state index contributed by atoms with van der Waals surface area (Å²) in [7, 11) is 0. The molecule has 1 saturated carbocycles. The second kappa shape index (κ2) is 7.30. The number of rotatable bonds is 3. The maximum atomic E-state index is 12.1. The van der Waals surface area contributed by atoms with E-state index < -0.39 is 5.92 Å². The van der Waals surface area contributed by atoms with E-state index in [1.165, 1.54) is 11.1 Å². The number of hydrogen-bond acceptors (Lipinski definition) is 4. The molecule has 1 fully saturated rings. The van der Waals surface area contributed by atoms with Gasteiger partial charge in [-0.2, -0.15) is 5.10 Å². The summed E-state index contributed by atoms with van der Waals surface area (Å²) < 4.78 is 0. The Labute approximate surface area is 184 Å². The first-order valence-electron chi connectivity index (χ1n) is 10.8. The van der Waals surface area contributed by atoms with Crippen LogP contribution < -0.4 is 5.84 Å². The van der Waals surface area contributed by atoms with Gasteiger partial charge in [0.25, 0.3) is 0 Å². The van der Waals surface area contributed by atoms with Crippen molar-refractivity contribution < 1.29 is 9.59 Å². The van der Waals surface area contributed by atoms with E-state index >= 15 is 0 Å². The summed E-state index contributed by atoms with van der Waals surface area (Å²) in [5, 5.41) is 4.14. The summed E-state index contributed by atoms with van der Waals surface area (Å²) in [5.74, 6) is 5.27. The number of ketones is 2. The van der Waals surface area contributed by atoms with E-state index in [1.807, 2.05) is 24.3 Å². The normalized spacial score (nSPS) is 20.2. The third-order valence-corrected chi connectivity index (χ3v) is 6.83. The number of carbonyl (C=O) groups excluding carboxylic acids is 2. The topological polar surface area (TPSA) is 72.5 Å². The van der Waals surface area contributed by atoms with Crippen molar-refractivity contribution in [3.63, 3.8) is 0 Å². The summed E-state index contributed by atoms with van der Waals surface area (Å²) >= 11 is 0. The van der Waals surface area contributed by atoms with Gasteiger partial charge in [0, 0.05) is 34.8 Å². The SMILES string of the molecule is Cc1cc2c(cc1/C(=N/N)c1ccc(C3C(=O)CCC3=O)cc1)C(C)(C)C=CC2(C)C. The van der Waals surface area contributed by atoms with Crippen molar-refractivity contribution in [1.82, 2.24) is 0 Å². The number of aryl methyl sites for hydroxylation is 1. The molecular weight excluding hydrogens is 384 g/mol. The third kappa shape index (κ3) is 3.54. The molecule has 2 N–H and O–H groups in total. The van der Waals surface area contributed by atoms with E-state index in [0.29, 0.717) is 18.6 Å². The van der Waals surface area contributed by atoms with Crippen molar-refractivity contribution in [1.29, 1.82) is 0 Å². The third-order valence-electron chi connectivity index (χ3n) is 6.83. The van der Waals surface area contributed by atoms with Crippen molar-refractivity contribution in [2.24, 2.45) is 10.9 Å². The molecule has 2 aliphatic rings. The lowest BCUT2D eigenvalue weighted by Crippen LogP contribution is -2.30. The standard InChI is InChI=1S/C27H30N2O2/c1-16-14-20-21(27(4,5)13-12-26(20,2)3)15-19(16)25(29-28)18-8-6-17(7-9-18)24-22(30)10-11-23(24)31/h6-9,12-15,24H,10-11,28H2,1-5H3/b29-25+. The Hall–Kier alpha value is -3.01. The van der Waals surface area contributed by atoms with Crippen LogP contribution in [0.5, 0.6) is 0 Å². The molecule has 0 spiro atoms. The van der Waals surface area contributed by atoms with Crippen LogP contribution in [0.3, 0.4) is 0 Å². The number of fused-ring (bicyclic) bond motifs is 1. The quantitative estimate of drug-likeness (QED) is 0.257. The molecule has 0 bridgehead atoms. The van der Waals surface area contributed by atoms with Gasteiger partial charge in [-0.1, -0.05) is 70.2 Å². The van der Waals surface area contributed by atoms with Crippen LogP contribution in [0.1, 0.15) is 79.8 Å². The van der Waals surface area contributed by atoms with Crippen LogP contribution >= 0.6 is 0 Å². The number of benzene rings is 2. The fourth-order valence-corrected chi connectivity index (χ4v) is 4.84. The molecule has 4 rings (SSSR count). The molecule has 2 aliphatic carbocycles. The molecule has 0 atom stereocenters. The van der Waals surface area contributed by atoms with Crippen LogP contribution in [0.25, 0.3) is 0 Å². The average Bonchev–Trinajstić information content (AvgIpc) is 3.06. The lowest BCUT2D eigenvalue weighted by molar-refractivity contribution is -0.123. The fourth-order valence-electron chi connectivity index (χ4n) is 4.84. The van der Waals surface area contributed by atoms with Crippen molar-refractivity contribution >= 4 is 17.3 Å². The molecule has 2 aromatic rings. The van der Waals surface area contributed by atoms with Crippen LogP contribution in [0.2, 0.25) is 0 Å². The van der Waals surface area contributed by atoms with Gasteiger partial charge in [-0.3, -0.25) is 9.59 Å². The van der Waals surface area contributed by atoms with Gasteiger partial charge in [0.2, 0.25) is 0 Å². The molecular formula is C27H30N2O2. The van der Waals surface area contributed by atoms with Gasteiger partial charge in [-0.25, -0.2) is 0 Å². The number of hydrazone groups is 1. The number of nitrogens with two attached hydrogens (primary N) is 1. The second-order valence-corrected chi connectivity index (χ2v) is 9.95. The lowest BCUT2D eigenvalue weighted by atomic mass is 9.67. The molecule has 0 unspecified atom stereocenters. The van der Waals surface area contributed by atoms with Gasteiger partial charge in [0.05, 0.1) is 5.71 Å². The molecule has 0 aliphatic heterocycles. The van der Waals surface area contributed by atoms with Gasteiger partial charge in [-0.15, -0.1) is 0 Å². The Balaban J connectivity index is 1.76. The van der Waals surface area contributed by atoms with E-state index in [2.05, 4.69) is 64.0 Å². The van der Waals surface area contributed by atoms with Gasteiger partial charge >= 0.3 is 0 Å². The van der Waals surface area contributed by atoms with E-state index in [-0.39, 0.29) is 22.4 Å². The van der Waals surface area contributed by atoms with Crippen molar-refractivity contribution in [3.8, 4) is 0 Å². The van der Waals surface area contributed by atoms with E-state index in [4.69, 9.17) is 5.84 Å². The van der Waals surface area contributed by atoms with Crippen molar-refractivity contribution in [3.05, 3.63) is 81.9 Å². The Kier molecular flexibility index (Phi) is 5.00. The first-order chi connectivity index (χ1) is 14.5. The Morgan fingerprint density at radius 1 is 0.903 bits per heavy atom. The molecule has 2 aromatic carbocycles. The molecule has 160 valence electrons. The summed E-state index contributed by atoms with van der Waals surface area (Å²) in [5.41, 5.74) is 6.94. The number of allylic oxidation sites excluding steroid dienone is 2. The Bertz CT molecular complexity index is 1120. The smallest absolute Gasteiger partial charge is 0.148 e. The first kappa shape index (κ1) is 21.2. The number of hydrogen-bond donors (Lipinski definition) is 1. The van der Waals surface area contributed by atoms with Crippen LogP contribution in [-0.4, -0.2) is 17.3 Å². The molecule has 0 aromatic heterocycles. The molecule has 0 heterocycles. The van der Waals surface area contributed by atoms with Crippen LogP contribution in [0, 0.1) is 6.92 Å². The predicted molar refractivity (Wildman–Crippen MR) is 125 cm³/mol. The first-order valence-corrected chi connectivity index (χ1v) is 10.8. The van der Waals surface area contributed by atoms with Gasteiger partial charge in [0.15, 0.2) is 0 Å². The zero-order valence-corrected chi connectivity index (χ0v) is 19.0. The minimum absolute atomic E-state index is 0.00824. The number of carbonyl (C=O) groups is 2. The van der Waals surface area contributed by atoms with Crippen LogP contribution in [0.15, 0.2) is 53.7 Å². The Morgan fingerprint density at radius 2 is 1.42 bits per heavy atom. The highest BCUT2D eigenvalue weighted by atomic mass is 16.2. The van der Waals surface area contributed by atoms with Gasteiger partial charge in [0.1, 0.15) is 17.5 Å². The Morgan fingerprint density at radius 3 is 1.94 bits per heavy atom. The lowest BCUT2D eigenvalue weighted by Gasteiger charge is -2.37. The summed E-state index contributed by atoms with van der Waals surface area (Å²) in [6.45, 7) is 11.0. The fraction of sp³-hybridized carbons (Fsp3) is 0.370. The summed E-state index contributed by atoms with van der Waals surface area (Å²) in [4.78, 5) is 24.2. The molecule has 31 heavy (non-hydrogen) atoms. The van der Waals surface area contributed by atoms with Crippen LogP contribution in [-0.2, 0) is 20.4 Å². The van der Waals surface area contributed by atoms with Crippen molar-refractivity contribution in [2.75, 3.05) is 0 Å². The van der Waals surface area contributed by atoms with Gasteiger partial charge in [-0.05, 0) is 35.2 Å². The monoisotopic (exact) mass is 414 g/mol. The minimum atomic E-state index is -0.618. The van der Waals surface area contributed by atoms with Crippen molar-refractivity contribution in [2.45, 2.75) is 64.2 Å². The molecule has 4 nitrogen and oxygen atoms in total. The molecule has 4 heteroatoms. The van der Waals surface area contributed by atoms with E-state index in [1.54, 1.807) is 0 Å². The highest BCUT2D eigenvalue weighted by molar-refractivity contribution is 6.15. The molecule has 0 amide bonds. The van der Waals surface area contributed by atoms with Crippen LogP contribution in [0.4, 0.5) is 0 Å². The molecule has 0 radical (unpaired) electrons. The van der Waals surface area contributed by atoms with Gasteiger partial charge < -0.3 is 5.84 Å². The highest BCUT2D eigenvalue weighted by Gasteiger charge is 2.35. The average molecular weight is 415 g/mol.